The number of Topliss-reactive ketones (excluding diaryl/α,β-unsaturated/α-hetero) is 1. The summed E-state index contributed by atoms with van der Waals surface area (Å²) in [6.07, 6.45) is 3.16. The van der Waals surface area contributed by atoms with Crippen LogP contribution in [0.2, 0.25) is 0 Å². The van der Waals surface area contributed by atoms with Gasteiger partial charge in [-0.1, -0.05) is 20.4 Å². The maximum Gasteiger partial charge on any atom is 0.206 e. The van der Waals surface area contributed by atoms with Crippen LogP contribution in [0.4, 0.5) is 0 Å². The van der Waals surface area contributed by atoms with Gasteiger partial charge in [-0.2, -0.15) is 0 Å². The van der Waals surface area contributed by atoms with E-state index in [1.807, 2.05) is 25.5 Å². The minimum atomic E-state index is 0.145. The molecule has 0 aliphatic heterocycles. The topological polar surface area (TPSA) is 22.0 Å². The van der Waals surface area contributed by atoms with Crippen LogP contribution in [0.5, 0.6) is 0 Å². The Morgan fingerprint density at radius 2 is 1.94 bits per heavy atom. The molecular formula is C16H21NO. The third-order valence-electron chi connectivity index (χ3n) is 4.23. The number of aryl methyl sites for hydroxylation is 1. The molecule has 1 aromatic rings. The Morgan fingerprint density at radius 1 is 1.33 bits per heavy atom. The summed E-state index contributed by atoms with van der Waals surface area (Å²) in [7, 11) is 1.95. The minimum absolute atomic E-state index is 0.145. The molecule has 2 heteroatoms. The van der Waals surface area contributed by atoms with Gasteiger partial charge < -0.3 is 4.57 Å². The molecule has 1 aliphatic carbocycles. The number of carbonyl (C=O) groups excluding carboxylic acids is 1. The predicted molar refractivity (Wildman–Crippen MR) is 75.9 cm³/mol. The Hall–Kier alpha value is -1.57. The normalized spacial score (nSPS) is 17.2. The highest BCUT2D eigenvalue weighted by Crippen LogP contribution is 2.39. The number of aromatic nitrogens is 1. The number of ketones is 1. The summed E-state index contributed by atoms with van der Waals surface area (Å²) < 4.78 is 1.96. The molecule has 1 aromatic heterocycles. The molecule has 0 N–H and O–H groups in total. The Morgan fingerprint density at radius 3 is 2.50 bits per heavy atom. The van der Waals surface area contributed by atoms with E-state index in [-0.39, 0.29) is 5.78 Å². The number of rotatable bonds is 2. The van der Waals surface area contributed by atoms with Crippen LogP contribution < -0.4 is 0 Å². The van der Waals surface area contributed by atoms with Crippen LogP contribution in [0.3, 0.4) is 0 Å². The molecule has 0 amide bonds. The molecule has 0 aromatic carbocycles. The van der Waals surface area contributed by atoms with E-state index in [1.54, 1.807) is 0 Å². The smallest absolute Gasteiger partial charge is 0.206 e. The van der Waals surface area contributed by atoms with Gasteiger partial charge in [0, 0.05) is 24.4 Å². The van der Waals surface area contributed by atoms with Crippen molar-refractivity contribution in [2.45, 2.75) is 40.0 Å². The summed E-state index contributed by atoms with van der Waals surface area (Å²) >= 11 is 0. The van der Waals surface area contributed by atoms with Crippen molar-refractivity contribution in [3.05, 3.63) is 40.7 Å². The molecule has 0 bridgehead atoms. The monoisotopic (exact) mass is 243 g/mol. The van der Waals surface area contributed by atoms with Crippen LogP contribution in [0.15, 0.2) is 23.9 Å². The van der Waals surface area contributed by atoms with Crippen molar-refractivity contribution in [1.29, 1.82) is 0 Å². The van der Waals surface area contributed by atoms with Gasteiger partial charge in [0.1, 0.15) is 0 Å². The Labute approximate surface area is 109 Å². The standard InChI is InChI=1S/C16H21NO/c1-7-9(2)13-8-17(6)15-14(13)11(4)10(3)12(5)16(15)18/h8-9H,4,7H2,1-3,5-6H3. The van der Waals surface area contributed by atoms with Crippen LogP contribution >= 0.6 is 0 Å². The van der Waals surface area contributed by atoms with E-state index in [0.29, 0.717) is 5.92 Å². The van der Waals surface area contributed by atoms with Crippen LogP contribution in [-0.4, -0.2) is 10.4 Å². The molecule has 2 nitrogen and oxygen atoms in total. The maximum atomic E-state index is 12.4. The lowest BCUT2D eigenvalue weighted by Crippen LogP contribution is -2.15. The fraction of sp³-hybridized carbons (Fsp3) is 0.438. The van der Waals surface area contributed by atoms with E-state index in [1.165, 1.54) is 5.56 Å². The first kappa shape index (κ1) is 12.9. The molecule has 18 heavy (non-hydrogen) atoms. The second kappa shape index (κ2) is 4.27. The van der Waals surface area contributed by atoms with Crippen molar-refractivity contribution in [2.24, 2.45) is 7.05 Å². The van der Waals surface area contributed by atoms with Crippen molar-refractivity contribution in [1.82, 2.24) is 4.57 Å². The number of nitrogens with zero attached hydrogens (tertiary/aromatic N) is 1. The van der Waals surface area contributed by atoms with E-state index >= 15 is 0 Å². The average molecular weight is 243 g/mol. The number of carbonyl (C=O) groups is 1. The zero-order chi connectivity index (χ0) is 13.6. The Kier molecular flexibility index (Phi) is 3.05. The van der Waals surface area contributed by atoms with Crippen LogP contribution in [0.1, 0.15) is 61.6 Å². The highest BCUT2D eigenvalue weighted by Gasteiger charge is 2.30. The summed E-state index contributed by atoms with van der Waals surface area (Å²) in [6, 6.07) is 0. The molecule has 96 valence electrons. The lowest BCUT2D eigenvalue weighted by Gasteiger charge is -2.20. The van der Waals surface area contributed by atoms with Crippen molar-refractivity contribution in [2.75, 3.05) is 0 Å². The molecule has 1 unspecified atom stereocenters. The zero-order valence-electron chi connectivity index (χ0n) is 11.9. The zero-order valence-corrected chi connectivity index (χ0v) is 11.9. The first-order valence-electron chi connectivity index (χ1n) is 6.51. The van der Waals surface area contributed by atoms with Gasteiger partial charge >= 0.3 is 0 Å². The number of allylic oxidation sites excluding steroid dienone is 3. The maximum absolute atomic E-state index is 12.4. The van der Waals surface area contributed by atoms with Crippen LogP contribution in [0.25, 0.3) is 5.57 Å². The van der Waals surface area contributed by atoms with Crippen molar-refractivity contribution in [3.8, 4) is 0 Å². The van der Waals surface area contributed by atoms with E-state index in [2.05, 4.69) is 26.6 Å². The SMILES string of the molecule is C=C1C(C)=C(C)C(=O)c2c1c(C(C)CC)cn2C. The largest absolute Gasteiger partial charge is 0.347 e. The summed E-state index contributed by atoms with van der Waals surface area (Å²) in [5.74, 6) is 0.600. The van der Waals surface area contributed by atoms with Gasteiger partial charge in [-0.3, -0.25) is 4.79 Å². The van der Waals surface area contributed by atoms with Crippen molar-refractivity contribution >= 4 is 11.4 Å². The van der Waals surface area contributed by atoms with Crippen LogP contribution in [-0.2, 0) is 7.05 Å². The quantitative estimate of drug-likeness (QED) is 0.767. The third-order valence-corrected chi connectivity index (χ3v) is 4.23. The van der Waals surface area contributed by atoms with Crippen LogP contribution in [0, 0.1) is 0 Å². The van der Waals surface area contributed by atoms with Gasteiger partial charge in [0.2, 0.25) is 5.78 Å². The van der Waals surface area contributed by atoms with Gasteiger partial charge in [0.05, 0.1) is 5.69 Å². The summed E-state index contributed by atoms with van der Waals surface area (Å²) in [5, 5.41) is 0. The van der Waals surface area contributed by atoms with Gasteiger partial charge in [-0.25, -0.2) is 0 Å². The van der Waals surface area contributed by atoms with E-state index in [9.17, 15) is 4.79 Å². The van der Waals surface area contributed by atoms with E-state index in [4.69, 9.17) is 0 Å². The summed E-state index contributed by atoms with van der Waals surface area (Å²) in [5.41, 5.74) is 5.99. The molecule has 1 atom stereocenters. The Bertz CT molecular complexity index is 572. The molecule has 0 saturated carbocycles. The van der Waals surface area contributed by atoms with E-state index < -0.39 is 0 Å². The lowest BCUT2D eigenvalue weighted by atomic mass is 9.83. The van der Waals surface area contributed by atoms with E-state index in [0.717, 1.165) is 34.4 Å². The van der Waals surface area contributed by atoms with Gasteiger partial charge in [-0.05, 0) is 42.9 Å². The average Bonchev–Trinajstić information content (AvgIpc) is 2.70. The fourth-order valence-electron chi connectivity index (χ4n) is 2.60. The second-order valence-electron chi connectivity index (χ2n) is 5.29. The van der Waals surface area contributed by atoms with Gasteiger partial charge in [-0.15, -0.1) is 0 Å². The number of hydrogen-bond donors (Lipinski definition) is 0. The summed E-state index contributed by atoms with van der Waals surface area (Å²) in [4.78, 5) is 12.4. The number of fused-ring (bicyclic) bond motifs is 1. The van der Waals surface area contributed by atoms with Gasteiger partial charge in [0.15, 0.2) is 0 Å². The molecule has 0 spiro atoms. The molecule has 0 saturated heterocycles. The lowest BCUT2D eigenvalue weighted by molar-refractivity contribution is 0.102. The highest BCUT2D eigenvalue weighted by molar-refractivity contribution is 6.16. The second-order valence-corrected chi connectivity index (χ2v) is 5.29. The molecular weight excluding hydrogens is 222 g/mol. The van der Waals surface area contributed by atoms with Crippen molar-refractivity contribution in [3.63, 3.8) is 0 Å². The number of hydrogen-bond acceptors (Lipinski definition) is 1. The molecule has 0 radical (unpaired) electrons. The summed E-state index contributed by atoms with van der Waals surface area (Å²) in [6.45, 7) is 12.4. The van der Waals surface area contributed by atoms with Crippen molar-refractivity contribution < 1.29 is 4.79 Å². The predicted octanol–water partition coefficient (Wildman–Crippen LogP) is 4.08. The Balaban J connectivity index is 2.72. The fourth-order valence-corrected chi connectivity index (χ4v) is 2.60. The molecule has 1 aliphatic rings. The molecule has 0 fully saturated rings. The minimum Gasteiger partial charge on any atom is -0.347 e. The molecule has 1 heterocycles. The van der Waals surface area contributed by atoms with Gasteiger partial charge in [0.25, 0.3) is 0 Å². The first-order chi connectivity index (χ1) is 8.40. The first-order valence-corrected chi connectivity index (χ1v) is 6.51. The third kappa shape index (κ3) is 1.59. The molecule has 2 rings (SSSR count). The highest BCUT2D eigenvalue weighted by atomic mass is 16.1.